The SMILES string of the molecule is CC1(c2ccc(S(C)(=O)=O)cc2)NC(=O)N(Cc2cc(Br)ccc2F)C1=O. The molecule has 1 atom stereocenters. The van der Waals surface area contributed by atoms with Crippen molar-refractivity contribution in [2.75, 3.05) is 6.26 Å². The first-order valence-corrected chi connectivity index (χ1v) is 10.6. The molecule has 1 aliphatic rings. The number of carbonyl (C=O) groups excluding carboxylic acids is 2. The molecule has 0 spiro atoms. The van der Waals surface area contributed by atoms with Crippen LogP contribution in [0.4, 0.5) is 9.18 Å². The monoisotopic (exact) mass is 454 g/mol. The number of sulfone groups is 1. The Morgan fingerprint density at radius 1 is 1.15 bits per heavy atom. The van der Waals surface area contributed by atoms with Crippen molar-refractivity contribution in [2.24, 2.45) is 0 Å². The Hall–Kier alpha value is -2.26. The molecule has 1 aliphatic heterocycles. The zero-order valence-electron chi connectivity index (χ0n) is 14.5. The lowest BCUT2D eigenvalue weighted by Gasteiger charge is -2.22. The van der Waals surface area contributed by atoms with Crippen molar-refractivity contribution in [1.29, 1.82) is 0 Å². The number of nitrogens with zero attached hydrogens (tertiary/aromatic N) is 1. The Morgan fingerprint density at radius 3 is 2.37 bits per heavy atom. The van der Waals surface area contributed by atoms with Gasteiger partial charge in [-0.1, -0.05) is 28.1 Å². The van der Waals surface area contributed by atoms with Crippen molar-refractivity contribution in [3.05, 3.63) is 63.9 Å². The van der Waals surface area contributed by atoms with Crippen molar-refractivity contribution in [3.8, 4) is 0 Å². The van der Waals surface area contributed by atoms with E-state index < -0.39 is 33.1 Å². The van der Waals surface area contributed by atoms with E-state index in [4.69, 9.17) is 0 Å². The first-order valence-electron chi connectivity index (χ1n) is 7.91. The number of urea groups is 1. The highest BCUT2D eigenvalue weighted by Gasteiger charge is 2.49. The molecule has 27 heavy (non-hydrogen) atoms. The number of amides is 3. The van der Waals surface area contributed by atoms with Crippen LogP contribution in [0.15, 0.2) is 51.8 Å². The minimum absolute atomic E-state index is 0.111. The maximum absolute atomic E-state index is 14.0. The number of imide groups is 1. The molecular weight excluding hydrogens is 439 g/mol. The van der Waals surface area contributed by atoms with Gasteiger partial charge in [0, 0.05) is 16.3 Å². The van der Waals surface area contributed by atoms with Crippen LogP contribution in [0.3, 0.4) is 0 Å². The van der Waals surface area contributed by atoms with Crippen LogP contribution in [0, 0.1) is 5.82 Å². The normalized spacial score (nSPS) is 20.1. The van der Waals surface area contributed by atoms with Gasteiger partial charge >= 0.3 is 6.03 Å². The van der Waals surface area contributed by atoms with Gasteiger partial charge in [0.2, 0.25) is 0 Å². The van der Waals surface area contributed by atoms with E-state index >= 15 is 0 Å². The van der Waals surface area contributed by atoms with E-state index in [1.165, 1.54) is 49.4 Å². The number of hydrogen-bond acceptors (Lipinski definition) is 4. The van der Waals surface area contributed by atoms with Crippen molar-refractivity contribution < 1.29 is 22.4 Å². The molecule has 1 unspecified atom stereocenters. The summed E-state index contributed by atoms with van der Waals surface area (Å²) in [6, 6.07) is 9.37. The van der Waals surface area contributed by atoms with Crippen molar-refractivity contribution in [1.82, 2.24) is 10.2 Å². The third kappa shape index (κ3) is 3.61. The molecule has 1 N–H and O–H groups in total. The fourth-order valence-corrected chi connectivity index (χ4v) is 3.95. The number of rotatable bonds is 4. The lowest BCUT2D eigenvalue weighted by Crippen LogP contribution is -2.40. The summed E-state index contributed by atoms with van der Waals surface area (Å²) in [5.74, 6) is -1.07. The van der Waals surface area contributed by atoms with E-state index in [0.717, 1.165) is 11.2 Å². The van der Waals surface area contributed by atoms with Gasteiger partial charge in [0.15, 0.2) is 9.84 Å². The average molecular weight is 455 g/mol. The molecule has 1 fully saturated rings. The van der Waals surface area contributed by atoms with Gasteiger partial charge < -0.3 is 5.32 Å². The van der Waals surface area contributed by atoms with E-state index in [1.807, 2.05) is 0 Å². The second-order valence-electron chi connectivity index (χ2n) is 6.48. The lowest BCUT2D eigenvalue weighted by molar-refractivity contribution is -0.131. The quantitative estimate of drug-likeness (QED) is 0.719. The van der Waals surface area contributed by atoms with Crippen molar-refractivity contribution >= 4 is 37.7 Å². The van der Waals surface area contributed by atoms with Gasteiger partial charge in [0.1, 0.15) is 11.4 Å². The van der Waals surface area contributed by atoms with Crippen LogP contribution in [-0.2, 0) is 26.7 Å². The van der Waals surface area contributed by atoms with Crippen LogP contribution in [0.25, 0.3) is 0 Å². The zero-order chi connectivity index (χ0) is 20.0. The summed E-state index contributed by atoms with van der Waals surface area (Å²) in [6.07, 6.45) is 1.08. The minimum atomic E-state index is -3.38. The van der Waals surface area contributed by atoms with Gasteiger partial charge in [-0.2, -0.15) is 0 Å². The molecule has 6 nitrogen and oxygen atoms in total. The van der Waals surface area contributed by atoms with E-state index in [0.29, 0.717) is 10.0 Å². The van der Waals surface area contributed by atoms with Gasteiger partial charge in [-0.3, -0.25) is 9.69 Å². The van der Waals surface area contributed by atoms with Gasteiger partial charge in [-0.05, 0) is 42.8 Å². The highest BCUT2D eigenvalue weighted by molar-refractivity contribution is 9.10. The Balaban J connectivity index is 1.91. The third-order valence-electron chi connectivity index (χ3n) is 4.47. The highest BCUT2D eigenvalue weighted by Crippen LogP contribution is 2.31. The fourth-order valence-electron chi connectivity index (χ4n) is 2.91. The van der Waals surface area contributed by atoms with Crippen LogP contribution in [0.5, 0.6) is 0 Å². The second kappa shape index (κ2) is 6.72. The summed E-state index contributed by atoms with van der Waals surface area (Å²) in [7, 11) is -3.38. The second-order valence-corrected chi connectivity index (χ2v) is 9.41. The number of benzene rings is 2. The fraction of sp³-hybridized carbons (Fsp3) is 0.222. The first-order chi connectivity index (χ1) is 12.5. The van der Waals surface area contributed by atoms with Crippen molar-refractivity contribution in [2.45, 2.75) is 23.9 Å². The molecule has 2 aromatic rings. The van der Waals surface area contributed by atoms with E-state index in [2.05, 4.69) is 21.2 Å². The molecule has 9 heteroatoms. The Labute approximate surface area is 164 Å². The molecular formula is C18H16BrFN2O4S. The summed E-state index contributed by atoms with van der Waals surface area (Å²) in [6.45, 7) is 1.31. The van der Waals surface area contributed by atoms with E-state index in [-0.39, 0.29) is 17.0 Å². The first kappa shape index (κ1) is 19.5. The predicted molar refractivity (Wildman–Crippen MR) is 100 cm³/mol. The molecule has 0 aromatic heterocycles. The molecule has 0 saturated carbocycles. The molecule has 142 valence electrons. The molecule has 3 amide bonds. The molecule has 1 heterocycles. The topological polar surface area (TPSA) is 83.6 Å². The van der Waals surface area contributed by atoms with Crippen LogP contribution >= 0.6 is 15.9 Å². The summed E-state index contributed by atoms with van der Waals surface area (Å²) in [5, 5.41) is 2.61. The lowest BCUT2D eigenvalue weighted by atomic mass is 9.92. The number of hydrogen-bond donors (Lipinski definition) is 1. The maximum Gasteiger partial charge on any atom is 0.325 e. The molecule has 1 saturated heterocycles. The minimum Gasteiger partial charge on any atom is -0.319 e. The number of nitrogens with one attached hydrogen (secondary N) is 1. The predicted octanol–water partition coefficient (Wildman–Crippen LogP) is 2.96. The standard InChI is InChI=1S/C18H16BrFN2O4S/c1-18(12-3-6-14(7-4-12)27(2,25)26)16(23)22(17(24)21-18)10-11-9-13(19)5-8-15(11)20/h3-9H,10H2,1-2H3,(H,21,24). The molecule has 0 radical (unpaired) electrons. The third-order valence-corrected chi connectivity index (χ3v) is 6.09. The van der Waals surface area contributed by atoms with E-state index in [9.17, 15) is 22.4 Å². The largest absolute Gasteiger partial charge is 0.325 e. The van der Waals surface area contributed by atoms with Crippen LogP contribution in [0.1, 0.15) is 18.1 Å². The smallest absolute Gasteiger partial charge is 0.319 e. The van der Waals surface area contributed by atoms with Gasteiger partial charge in [-0.15, -0.1) is 0 Å². The molecule has 0 bridgehead atoms. The molecule has 0 aliphatic carbocycles. The number of carbonyl (C=O) groups is 2. The summed E-state index contributed by atoms with van der Waals surface area (Å²) in [4.78, 5) is 26.3. The van der Waals surface area contributed by atoms with Gasteiger partial charge in [0.05, 0.1) is 11.4 Å². The highest BCUT2D eigenvalue weighted by atomic mass is 79.9. The maximum atomic E-state index is 14.0. The van der Waals surface area contributed by atoms with Crippen LogP contribution < -0.4 is 5.32 Å². The zero-order valence-corrected chi connectivity index (χ0v) is 16.9. The number of halogens is 2. The Bertz CT molecular complexity index is 1040. The van der Waals surface area contributed by atoms with Crippen LogP contribution in [-0.4, -0.2) is 31.5 Å². The van der Waals surface area contributed by atoms with E-state index in [1.54, 1.807) is 0 Å². The Morgan fingerprint density at radius 2 is 1.78 bits per heavy atom. The van der Waals surface area contributed by atoms with Crippen molar-refractivity contribution in [3.63, 3.8) is 0 Å². The summed E-state index contributed by atoms with van der Waals surface area (Å²) >= 11 is 3.24. The summed E-state index contributed by atoms with van der Waals surface area (Å²) in [5.41, 5.74) is -0.731. The average Bonchev–Trinajstić information content (AvgIpc) is 2.81. The van der Waals surface area contributed by atoms with Gasteiger partial charge in [0.25, 0.3) is 5.91 Å². The molecule has 3 rings (SSSR count). The van der Waals surface area contributed by atoms with Crippen LogP contribution in [0.2, 0.25) is 0 Å². The summed E-state index contributed by atoms with van der Waals surface area (Å²) < 4.78 is 37.8. The Kier molecular flexibility index (Phi) is 4.85. The van der Waals surface area contributed by atoms with Gasteiger partial charge in [-0.25, -0.2) is 17.6 Å². The molecule has 2 aromatic carbocycles.